The van der Waals surface area contributed by atoms with E-state index in [1.165, 1.54) is 12.3 Å². The fraction of sp³-hybridized carbons (Fsp3) is 0.333. The van der Waals surface area contributed by atoms with Crippen molar-refractivity contribution in [3.05, 3.63) is 53.7 Å². The summed E-state index contributed by atoms with van der Waals surface area (Å²) < 4.78 is 19.3. The molecule has 0 aliphatic carbocycles. The third kappa shape index (κ3) is 4.10. The van der Waals surface area contributed by atoms with Crippen molar-refractivity contribution in [2.45, 2.75) is 12.8 Å². The second kappa shape index (κ2) is 7.71. The normalized spacial score (nSPS) is 14.8. The molecule has 3 heterocycles. The Hall–Kier alpha value is -3.01. The molecule has 0 unspecified atom stereocenters. The molecule has 2 aromatic heterocycles. The van der Waals surface area contributed by atoms with Crippen LogP contribution in [-0.2, 0) is 0 Å². The van der Waals surface area contributed by atoms with Crippen molar-refractivity contribution in [2.24, 2.45) is 5.92 Å². The third-order valence-electron chi connectivity index (χ3n) is 4.24. The molecule has 1 amide bonds. The molecule has 0 aromatic carbocycles. The van der Waals surface area contributed by atoms with Gasteiger partial charge < -0.3 is 9.64 Å². The number of ether oxygens (including phenoxy) is 1. The number of aromatic nitrogens is 2. The lowest BCUT2D eigenvalue weighted by atomic mass is 9.97. The Balaban J connectivity index is 1.51. The number of rotatable bonds is 4. The summed E-state index contributed by atoms with van der Waals surface area (Å²) >= 11 is 0. The Morgan fingerprint density at radius 1 is 1.36 bits per heavy atom. The summed E-state index contributed by atoms with van der Waals surface area (Å²) in [5.41, 5.74) is 0.562. The van der Waals surface area contributed by atoms with E-state index in [4.69, 9.17) is 10.00 Å². The molecule has 0 radical (unpaired) electrons. The Morgan fingerprint density at radius 2 is 2.16 bits per heavy atom. The van der Waals surface area contributed by atoms with Crippen LogP contribution in [0.4, 0.5) is 4.39 Å². The monoisotopic (exact) mass is 340 g/mol. The van der Waals surface area contributed by atoms with Crippen LogP contribution in [-0.4, -0.2) is 40.5 Å². The van der Waals surface area contributed by atoms with Crippen molar-refractivity contribution in [1.82, 2.24) is 14.9 Å². The van der Waals surface area contributed by atoms with E-state index in [1.54, 1.807) is 23.2 Å². The Kier molecular flexibility index (Phi) is 5.19. The second-order valence-corrected chi connectivity index (χ2v) is 5.90. The summed E-state index contributed by atoms with van der Waals surface area (Å²) in [7, 11) is 0. The molecule has 128 valence electrons. The number of hydrogen-bond donors (Lipinski definition) is 0. The van der Waals surface area contributed by atoms with Crippen molar-refractivity contribution in [3.8, 4) is 11.9 Å². The molecule has 25 heavy (non-hydrogen) atoms. The van der Waals surface area contributed by atoms with E-state index in [1.807, 2.05) is 6.07 Å². The highest BCUT2D eigenvalue weighted by atomic mass is 19.1. The molecule has 3 rings (SSSR count). The first-order valence-electron chi connectivity index (χ1n) is 8.05. The second-order valence-electron chi connectivity index (χ2n) is 5.90. The molecule has 1 saturated heterocycles. The van der Waals surface area contributed by atoms with E-state index < -0.39 is 5.82 Å². The summed E-state index contributed by atoms with van der Waals surface area (Å²) in [6, 6.07) is 6.67. The zero-order valence-corrected chi connectivity index (χ0v) is 13.6. The standard InChI is InChI=1S/C18H17FN4O2/c19-16-11-21-5-2-15(16)18(24)23-7-3-13(4-8-23)12-25-17-9-14(10-20)1-6-22-17/h1-2,5-6,9,11,13H,3-4,7-8,12H2. The Morgan fingerprint density at radius 3 is 2.88 bits per heavy atom. The van der Waals surface area contributed by atoms with E-state index in [9.17, 15) is 9.18 Å². The molecule has 1 fully saturated rings. The van der Waals surface area contributed by atoms with Gasteiger partial charge in [0.25, 0.3) is 5.91 Å². The summed E-state index contributed by atoms with van der Waals surface area (Å²) in [5.74, 6) is -0.181. The van der Waals surface area contributed by atoms with Gasteiger partial charge in [-0.2, -0.15) is 5.26 Å². The van der Waals surface area contributed by atoms with Crippen LogP contribution in [0, 0.1) is 23.1 Å². The maximum atomic E-state index is 13.7. The minimum Gasteiger partial charge on any atom is -0.477 e. The minimum absolute atomic E-state index is 0.0576. The van der Waals surface area contributed by atoms with Gasteiger partial charge in [0.05, 0.1) is 30.0 Å². The molecule has 0 N–H and O–H groups in total. The molecule has 0 atom stereocenters. The number of nitriles is 1. The van der Waals surface area contributed by atoms with Crippen molar-refractivity contribution < 1.29 is 13.9 Å². The lowest BCUT2D eigenvalue weighted by Gasteiger charge is -2.31. The minimum atomic E-state index is -0.596. The molecule has 7 heteroatoms. The van der Waals surface area contributed by atoms with Crippen molar-refractivity contribution in [1.29, 1.82) is 5.26 Å². The smallest absolute Gasteiger partial charge is 0.256 e. The molecule has 1 aliphatic rings. The fourth-order valence-corrected chi connectivity index (χ4v) is 2.78. The van der Waals surface area contributed by atoms with Gasteiger partial charge in [-0.3, -0.25) is 9.78 Å². The maximum absolute atomic E-state index is 13.7. The van der Waals surface area contributed by atoms with Crippen LogP contribution in [0.1, 0.15) is 28.8 Å². The van der Waals surface area contributed by atoms with Gasteiger partial charge >= 0.3 is 0 Å². The zero-order chi connectivity index (χ0) is 17.6. The highest BCUT2D eigenvalue weighted by molar-refractivity contribution is 5.94. The molecule has 2 aromatic rings. The SMILES string of the molecule is N#Cc1ccnc(OCC2CCN(C(=O)c3ccncc3F)CC2)c1. The average molecular weight is 340 g/mol. The van der Waals surface area contributed by atoms with Crippen molar-refractivity contribution >= 4 is 5.91 Å². The number of halogens is 1. The lowest BCUT2D eigenvalue weighted by molar-refractivity contribution is 0.0654. The van der Waals surface area contributed by atoms with Gasteiger partial charge in [-0.25, -0.2) is 9.37 Å². The van der Waals surface area contributed by atoms with Crippen LogP contribution in [0.15, 0.2) is 36.8 Å². The Bertz CT molecular complexity index is 798. The number of hydrogen-bond acceptors (Lipinski definition) is 5. The summed E-state index contributed by atoms with van der Waals surface area (Å²) in [5, 5.41) is 8.87. The first-order chi connectivity index (χ1) is 12.2. The number of likely N-dealkylation sites (tertiary alicyclic amines) is 1. The van der Waals surface area contributed by atoms with Crippen LogP contribution in [0.3, 0.4) is 0 Å². The van der Waals surface area contributed by atoms with E-state index in [0.29, 0.717) is 37.1 Å². The summed E-state index contributed by atoms with van der Waals surface area (Å²) in [4.78, 5) is 21.8. The van der Waals surface area contributed by atoms with Gasteiger partial charge in [-0.05, 0) is 30.9 Å². The van der Waals surface area contributed by atoms with Crippen LogP contribution < -0.4 is 4.74 Å². The first-order valence-corrected chi connectivity index (χ1v) is 8.05. The highest BCUT2D eigenvalue weighted by Gasteiger charge is 2.25. The van der Waals surface area contributed by atoms with E-state index in [-0.39, 0.29) is 11.5 Å². The van der Waals surface area contributed by atoms with Gasteiger partial charge in [0.2, 0.25) is 5.88 Å². The van der Waals surface area contributed by atoms with Gasteiger partial charge in [0.1, 0.15) is 0 Å². The molecule has 1 aliphatic heterocycles. The third-order valence-corrected chi connectivity index (χ3v) is 4.24. The van der Waals surface area contributed by atoms with Gasteiger partial charge in [-0.1, -0.05) is 0 Å². The van der Waals surface area contributed by atoms with E-state index >= 15 is 0 Å². The van der Waals surface area contributed by atoms with Gasteiger partial charge in [0.15, 0.2) is 5.82 Å². The first kappa shape index (κ1) is 16.8. The lowest BCUT2D eigenvalue weighted by Crippen LogP contribution is -2.40. The molecule has 6 nitrogen and oxygen atoms in total. The summed E-state index contributed by atoms with van der Waals surface area (Å²) in [6.07, 6.45) is 5.56. The highest BCUT2D eigenvalue weighted by Crippen LogP contribution is 2.21. The molecule has 0 spiro atoms. The average Bonchev–Trinajstić information content (AvgIpc) is 2.67. The predicted octanol–water partition coefficient (Wildman–Crippen LogP) is 2.42. The summed E-state index contributed by atoms with van der Waals surface area (Å²) in [6.45, 7) is 1.59. The number of carbonyl (C=O) groups excluding carboxylic acids is 1. The van der Waals surface area contributed by atoms with Gasteiger partial charge in [-0.15, -0.1) is 0 Å². The van der Waals surface area contributed by atoms with Crippen LogP contribution >= 0.6 is 0 Å². The molecule has 0 saturated carbocycles. The van der Waals surface area contributed by atoms with Crippen molar-refractivity contribution in [2.75, 3.05) is 19.7 Å². The van der Waals surface area contributed by atoms with Crippen molar-refractivity contribution in [3.63, 3.8) is 0 Å². The molecular weight excluding hydrogens is 323 g/mol. The number of pyridine rings is 2. The number of nitrogens with zero attached hydrogens (tertiary/aromatic N) is 4. The largest absolute Gasteiger partial charge is 0.477 e. The predicted molar refractivity (Wildman–Crippen MR) is 87.3 cm³/mol. The van der Waals surface area contributed by atoms with Gasteiger partial charge in [0, 0.05) is 31.5 Å². The number of amides is 1. The van der Waals surface area contributed by atoms with Crippen LogP contribution in [0.25, 0.3) is 0 Å². The number of carbonyl (C=O) groups is 1. The topological polar surface area (TPSA) is 79.1 Å². The maximum Gasteiger partial charge on any atom is 0.256 e. The van der Waals surface area contributed by atoms with E-state index in [0.717, 1.165) is 19.0 Å². The quantitative estimate of drug-likeness (QED) is 0.854. The number of piperidine rings is 1. The molecular formula is C18H17FN4O2. The zero-order valence-electron chi connectivity index (χ0n) is 13.6. The Labute approximate surface area is 144 Å². The van der Waals surface area contributed by atoms with E-state index in [2.05, 4.69) is 9.97 Å². The van der Waals surface area contributed by atoms with Crippen LogP contribution in [0.2, 0.25) is 0 Å². The fourth-order valence-electron chi connectivity index (χ4n) is 2.78. The molecule has 0 bridgehead atoms. The van der Waals surface area contributed by atoms with Crippen LogP contribution in [0.5, 0.6) is 5.88 Å².